The van der Waals surface area contributed by atoms with Gasteiger partial charge in [-0.3, -0.25) is 0 Å². The molecule has 2 rings (SSSR count). The molecule has 0 aliphatic heterocycles. The topological polar surface area (TPSA) is 29.5 Å². The number of benzene rings is 1. The SMILES string of the molecule is COc1c(O)c(I)cc2ccsc12. The molecule has 0 unspecified atom stereocenters. The van der Waals surface area contributed by atoms with Gasteiger partial charge in [0.1, 0.15) is 0 Å². The Balaban J connectivity index is 2.87. The van der Waals surface area contributed by atoms with Gasteiger partial charge in [0.15, 0.2) is 11.5 Å². The van der Waals surface area contributed by atoms with Gasteiger partial charge < -0.3 is 9.84 Å². The van der Waals surface area contributed by atoms with E-state index in [0.717, 1.165) is 13.7 Å². The molecule has 0 aliphatic carbocycles. The van der Waals surface area contributed by atoms with Gasteiger partial charge in [-0.2, -0.15) is 0 Å². The van der Waals surface area contributed by atoms with Crippen LogP contribution in [0.4, 0.5) is 0 Å². The van der Waals surface area contributed by atoms with Gasteiger partial charge in [-0.1, -0.05) is 0 Å². The van der Waals surface area contributed by atoms with Crippen LogP contribution in [0.3, 0.4) is 0 Å². The van der Waals surface area contributed by atoms with Crippen LogP contribution in [0.2, 0.25) is 0 Å². The molecule has 1 heterocycles. The Morgan fingerprint density at radius 3 is 3.00 bits per heavy atom. The highest BCUT2D eigenvalue weighted by Crippen LogP contribution is 2.41. The third-order valence-corrected chi connectivity index (χ3v) is 3.58. The molecule has 0 radical (unpaired) electrons. The van der Waals surface area contributed by atoms with Crippen LogP contribution < -0.4 is 4.74 Å². The molecule has 1 aromatic carbocycles. The van der Waals surface area contributed by atoms with Crippen molar-refractivity contribution in [1.29, 1.82) is 0 Å². The Kier molecular flexibility index (Phi) is 2.33. The maximum atomic E-state index is 9.69. The summed E-state index contributed by atoms with van der Waals surface area (Å²) in [6.45, 7) is 0. The number of phenolic OH excluding ortho intramolecular Hbond substituents is 1. The Bertz CT molecular complexity index is 450. The van der Waals surface area contributed by atoms with Gasteiger partial charge in [-0.15, -0.1) is 11.3 Å². The maximum absolute atomic E-state index is 9.69. The van der Waals surface area contributed by atoms with Gasteiger partial charge in [0, 0.05) is 0 Å². The van der Waals surface area contributed by atoms with Crippen molar-refractivity contribution in [2.75, 3.05) is 7.11 Å². The smallest absolute Gasteiger partial charge is 0.179 e. The highest BCUT2D eigenvalue weighted by Gasteiger charge is 2.11. The molecule has 1 N–H and O–H groups in total. The minimum atomic E-state index is 0.234. The molecule has 0 spiro atoms. The lowest BCUT2D eigenvalue weighted by atomic mass is 10.2. The molecule has 4 heteroatoms. The lowest BCUT2D eigenvalue weighted by Gasteiger charge is -2.05. The summed E-state index contributed by atoms with van der Waals surface area (Å²) in [6, 6.07) is 3.97. The van der Waals surface area contributed by atoms with E-state index in [1.807, 2.05) is 17.5 Å². The molecule has 68 valence electrons. The molecule has 0 saturated heterocycles. The summed E-state index contributed by atoms with van der Waals surface area (Å²) in [7, 11) is 1.57. The van der Waals surface area contributed by atoms with E-state index in [4.69, 9.17) is 4.74 Å². The van der Waals surface area contributed by atoms with Crippen molar-refractivity contribution in [1.82, 2.24) is 0 Å². The minimum absolute atomic E-state index is 0.234. The Morgan fingerprint density at radius 2 is 2.31 bits per heavy atom. The van der Waals surface area contributed by atoms with Gasteiger partial charge in [0.2, 0.25) is 0 Å². The highest BCUT2D eigenvalue weighted by molar-refractivity contribution is 14.1. The number of fused-ring (bicyclic) bond motifs is 1. The number of aromatic hydroxyl groups is 1. The van der Waals surface area contributed by atoms with Crippen molar-refractivity contribution in [2.45, 2.75) is 0 Å². The van der Waals surface area contributed by atoms with Gasteiger partial charge in [-0.05, 0) is 45.5 Å². The zero-order valence-corrected chi connectivity index (χ0v) is 9.85. The van der Waals surface area contributed by atoms with E-state index in [0.29, 0.717) is 5.75 Å². The van der Waals surface area contributed by atoms with Crippen LogP contribution in [0, 0.1) is 3.57 Å². The predicted octanol–water partition coefficient (Wildman–Crippen LogP) is 3.22. The molecule has 0 amide bonds. The molecule has 0 bridgehead atoms. The van der Waals surface area contributed by atoms with Crippen molar-refractivity contribution < 1.29 is 9.84 Å². The Labute approximate surface area is 93.3 Å². The van der Waals surface area contributed by atoms with Crippen molar-refractivity contribution >= 4 is 44.0 Å². The summed E-state index contributed by atoms with van der Waals surface area (Å²) in [6.07, 6.45) is 0. The van der Waals surface area contributed by atoms with Crippen LogP contribution in [0.5, 0.6) is 11.5 Å². The summed E-state index contributed by atoms with van der Waals surface area (Å²) < 4.78 is 6.97. The van der Waals surface area contributed by atoms with Crippen molar-refractivity contribution in [2.24, 2.45) is 0 Å². The van der Waals surface area contributed by atoms with Crippen molar-refractivity contribution in [3.63, 3.8) is 0 Å². The van der Waals surface area contributed by atoms with E-state index >= 15 is 0 Å². The van der Waals surface area contributed by atoms with Crippen LogP contribution in [0.1, 0.15) is 0 Å². The van der Waals surface area contributed by atoms with Crippen molar-refractivity contribution in [3.8, 4) is 11.5 Å². The molecule has 0 aliphatic rings. The number of hydrogen-bond donors (Lipinski definition) is 1. The number of thiophene rings is 1. The van der Waals surface area contributed by atoms with E-state index in [2.05, 4.69) is 22.6 Å². The average molecular weight is 306 g/mol. The van der Waals surface area contributed by atoms with Gasteiger partial charge in [0.25, 0.3) is 0 Å². The largest absolute Gasteiger partial charge is 0.503 e. The van der Waals surface area contributed by atoms with Crippen LogP contribution in [0.25, 0.3) is 10.1 Å². The van der Waals surface area contributed by atoms with E-state index in [-0.39, 0.29) is 5.75 Å². The predicted molar refractivity (Wildman–Crippen MR) is 62.8 cm³/mol. The zero-order valence-electron chi connectivity index (χ0n) is 6.87. The normalized spacial score (nSPS) is 10.6. The summed E-state index contributed by atoms with van der Waals surface area (Å²) in [5.41, 5.74) is 0. The number of methoxy groups -OCH3 is 1. The number of halogens is 1. The molecule has 0 saturated carbocycles. The first-order chi connectivity index (χ1) is 6.24. The van der Waals surface area contributed by atoms with E-state index < -0.39 is 0 Å². The van der Waals surface area contributed by atoms with Crippen LogP contribution >= 0.6 is 33.9 Å². The first-order valence-electron chi connectivity index (χ1n) is 3.66. The fourth-order valence-corrected chi connectivity index (χ4v) is 2.71. The summed E-state index contributed by atoms with van der Waals surface area (Å²) in [5.74, 6) is 0.815. The van der Waals surface area contributed by atoms with Gasteiger partial charge >= 0.3 is 0 Å². The van der Waals surface area contributed by atoms with E-state index in [1.54, 1.807) is 18.4 Å². The lowest BCUT2D eigenvalue weighted by Crippen LogP contribution is -1.85. The first kappa shape index (κ1) is 9.08. The number of hydrogen-bond acceptors (Lipinski definition) is 3. The third-order valence-electron chi connectivity index (χ3n) is 1.83. The third kappa shape index (κ3) is 1.38. The second-order valence-electron chi connectivity index (χ2n) is 2.58. The van der Waals surface area contributed by atoms with Crippen molar-refractivity contribution in [3.05, 3.63) is 21.1 Å². The molecule has 13 heavy (non-hydrogen) atoms. The molecular formula is C9H7IO2S. The standard InChI is InChI=1S/C9H7IO2S/c1-12-8-7(11)6(10)4-5-2-3-13-9(5)8/h2-4,11H,1H3. The second kappa shape index (κ2) is 3.34. The van der Waals surface area contributed by atoms with E-state index in [1.165, 1.54) is 0 Å². The summed E-state index contributed by atoms with van der Waals surface area (Å²) in [4.78, 5) is 0. The molecule has 0 atom stereocenters. The summed E-state index contributed by atoms with van der Waals surface area (Å²) >= 11 is 3.67. The number of phenols is 1. The fourth-order valence-electron chi connectivity index (χ4n) is 1.23. The van der Waals surface area contributed by atoms with Gasteiger partial charge in [0.05, 0.1) is 15.4 Å². The monoisotopic (exact) mass is 306 g/mol. The van der Waals surface area contributed by atoms with Crippen LogP contribution in [-0.2, 0) is 0 Å². The second-order valence-corrected chi connectivity index (χ2v) is 4.66. The highest BCUT2D eigenvalue weighted by atomic mass is 127. The Morgan fingerprint density at radius 1 is 1.54 bits per heavy atom. The average Bonchev–Trinajstić information content (AvgIpc) is 2.54. The lowest BCUT2D eigenvalue weighted by molar-refractivity contribution is 0.377. The number of rotatable bonds is 1. The van der Waals surface area contributed by atoms with Crippen LogP contribution in [-0.4, -0.2) is 12.2 Å². The molecule has 2 nitrogen and oxygen atoms in total. The number of ether oxygens (including phenoxy) is 1. The van der Waals surface area contributed by atoms with E-state index in [9.17, 15) is 5.11 Å². The molecule has 0 fully saturated rings. The zero-order chi connectivity index (χ0) is 9.42. The van der Waals surface area contributed by atoms with Gasteiger partial charge in [-0.25, -0.2) is 0 Å². The fraction of sp³-hybridized carbons (Fsp3) is 0.111. The quantitative estimate of drug-likeness (QED) is 0.820. The Hall–Kier alpha value is -0.490. The molecular weight excluding hydrogens is 299 g/mol. The van der Waals surface area contributed by atoms with Crippen LogP contribution in [0.15, 0.2) is 17.5 Å². The maximum Gasteiger partial charge on any atom is 0.179 e. The molecule has 2 aromatic rings. The minimum Gasteiger partial charge on any atom is -0.503 e. The molecule has 1 aromatic heterocycles. The summed E-state index contributed by atoms with van der Waals surface area (Å²) in [5, 5.41) is 12.8. The first-order valence-corrected chi connectivity index (χ1v) is 5.62.